The Hall–Kier alpha value is -2.18. The van der Waals surface area contributed by atoms with Gasteiger partial charge in [0.05, 0.1) is 5.92 Å². The van der Waals surface area contributed by atoms with Crippen LogP contribution in [0, 0.1) is 12.8 Å². The van der Waals surface area contributed by atoms with E-state index in [4.69, 9.17) is 5.11 Å². The summed E-state index contributed by atoms with van der Waals surface area (Å²) in [6, 6.07) is 1.88. The number of hydrogen-bond donors (Lipinski definition) is 1. The third-order valence-electron chi connectivity index (χ3n) is 3.55. The molecule has 0 aromatic carbocycles. The molecule has 7 nitrogen and oxygen atoms in total. The highest BCUT2D eigenvalue weighted by atomic mass is 16.4. The molecule has 2 aromatic rings. The first-order chi connectivity index (χ1) is 9.15. The van der Waals surface area contributed by atoms with Gasteiger partial charge in [-0.15, -0.1) is 5.10 Å². The second-order valence-electron chi connectivity index (χ2n) is 4.81. The van der Waals surface area contributed by atoms with E-state index in [0.29, 0.717) is 37.7 Å². The molecule has 1 aliphatic rings. The average Bonchev–Trinajstić information content (AvgIpc) is 2.84. The maximum atomic E-state index is 10.9. The van der Waals surface area contributed by atoms with E-state index in [1.54, 1.807) is 10.7 Å². The highest BCUT2D eigenvalue weighted by molar-refractivity contribution is 5.70. The lowest BCUT2D eigenvalue weighted by molar-refractivity contribution is -0.142. The number of piperidine rings is 1. The molecule has 100 valence electrons. The van der Waals surface area contributed by atoms with Crippen LogP contribution in [0.1, 0.15) is 18.5 Å². The van der Waals surface area contributed by atoms with Gasteiger partial charge in [-0.3, -0.25) is 4.79 Å². The number of carbonyl (C=O) groups is 1. The van der Waals surface area contributed by atoms with Gasteiger partial charge in [0.1, 0.15) is 0 Å². The lowest BCUT2D eigenvalue weighted by Crippen LogP contribution is -2.36. The molecule has 19 heavy (non-hydrogen) atoms. The van der Waals surface area contributed by atoms with Crippen LogP contribution < -0.4 is 4.90 Å². The third kappa shape index (κ3) is 2.11. The van der Waals surface area contributed by atoms with Crippen molar-refractivity contribution in [2.24, 2.45) is 5.92 Å². The molecular weight excluding hydrogens is 246 g/mol. The summed E-state index contributed by atoms with van der Waals surface area (Å²) in [6.07, 6.45) is 2.98. The number of aryl methyl sites for hydroxylation is 1. The van der Waals surface area contributed by atoms with Crippen molar-refractivity contribution in [3.63, 3.8) is 0 Å². The van der Waals surface area contributed by atoms with Crippen LogP contribution in [0.2, 0.25) is 0 Å². The van der Waals surface area contributed by atoms with Crippen molar-refractivity contribution in [1.29, 1.82) is 0 Å². The number of aromatic nitrogens is 4. The van der Waals surface area contributed by atoms with Crippen molar-refractivity contribution in [3.05, 3.63) is 18.0 Å². The van der Waals surface area contributed by atoms with Crippen LogP contribution in [0.15, 0.2) is 12.3 Å². The average molecular weight is 261 g/mol. The van der Waals surface area contributed by atoms with E-state index in [1.807, 2.05) is 17.9 Å². The lowest BCUT2D eigenvalue weighted by atomic mass is 9.97. The van der Waals surface area contributed by atoms with Crippen LogP contribution in [0.4, 0.5) is 5.95 Å². The van der Waals surface area contributed by atoms with E-state index < -0.39 is 5.97 Å². The molecular formula is C12H15N5O2. The molecule has 3 rings (SSSR count). The van der Waals surface area contributed by atoms with Gasteiger partial charge in [0.25, 0.3) is 5.78 Å². The lowest BCUT2D eigenvalue weighted by Gasteiger charge is -2.28. The highest BCUT2D eigenvalue weighted by Crippen LogP contribution is 2.21. The summed E-state index contributed by atoms with van der Waals surface area (Å²) in [5.41, 5.74) is 0.976. The van der Waals surface area contributed by atoms with Crippen molar-refractivity contribution in [2.75, 3.05) is 18.0 Å². The van der Waals surface area contributed by atoms with Crippen molar-refractivity contribution < 1.29 is 9.90 Å². The summed E-state index contributed by atoms with van der Waals surface area (Å²) in [6.45, 7) is 3.30. The summed E-state index contributed by atoms with van der Waals surface area (Å²) >= 11 is 0. The van der Waals surface area contributed by atoms with Gasteiger partial charge in [0.15, 0.2) is 0 Å². The fourth-order valence-corrected chi connectivity index (χ4v) is 2.36. The van der Waals surface area contributed by atoms with E-state index >= 15 is 0 Å². The molecule has 1 N–H and O–H groups in total. The Balaban J connectivity index is 1.82. The van der Waals surface area contributed by atoms with E-state index in [2.05, 4.69) is 15.1 Å². The first-order valence-electron chi connectivity index (χ1n) is 6.31. The predicted octanol–water partition coefficient (Wildman–Crippen LogP) is 0.734. The first kappa shape index (κ1) is 11.9. The normalized spacial score (nSPS) is 17.0. The van der Waals surface area contributed by atoms with E-state index in [0.717, 1.165) is 5.69 Å². The number of fused-ring (bicyclic) bond motifs is 1. The zero-order chi connectivity index (χ0) is 13.4. The van der Waals surface area contributed by atoms with Crippen molar-refractivity contribution in [3.8, 4) is 0 Å². The van der Waals surface area contributed by atoms with Crippen molar-refractivity contribution in [1.82, 2.24) is 19.6 Å². The fraction of sp³-hybridized carbons (Fsp3) is 0.500. The second kappa shape index (κ2) is 4.49. The van der Waals surface area contributed by atoms with Gasteiger partial charge in [-0.1, -0.05) is 0 Å². The fourth-order valence-electron chi connectivity index (χ4n) is 2.36. The third-order valence-corrected chi connectivity index (χ3v) is 3.55. The van der Waals surface area contributed by atoms with E-state index in [-0.39, 0.29) is 5.92 Å². The Morgan fingerprint density at radius 3 is 2.79 bits per heavy atom. The van der Waals surface area contributed by atoms with E-state index in [1.165, 1.54) is 0 Å². The van der Waals surface area contributed by atoms with Crippen LogP contribution in [0.5, 0.6) is 0 Å². The molecule has 0 spiro atoms. The SMILES string of the molecule is Cc1ccnc2nc(N3CCC(C(=O)O)CC3)nn12. The van der Waals surface area contributed by atoms with Gasteiger partial charge in [-0.25, -0.2) is 4.98 Å². The van der Waals surface area contributed by atoms with Gasteiger partial charge >= 0.3 is 5.97 Å². The summed E-state index contributed by atoms with van der Waals surface area (Å²) in [5, 5.41) is 13.4. The number of nitrogens with zero attached hydrogens (tertiary/aromatic N) is 5. The Bertz CT molecular complexity index is 616. The molecule has 1 fully saturated rings. The van der Waals surface area contributed by atoms with Crippen molar-refractivity contribution in [2.45, 2.75) is 19.8 Å². The smallest absolute Gasteiger partial charge is 0.306 e. The molecule has 3 heterocycles. The summed E-state index contributed by atoms with van der Waals surface area (Å²) in [5.74, 6) is 0.259. The molecule has 1 saturated heterocycles. The molecule has 0 amide bonds. The van der Waals surface area contributed by atoms with E-state index in [9.17, 15) is 4.79 Å². The van der Waals surface area contributed by atoms with Gasteiger partial charge in [-0.2, -0.15) is 9.50 Å². The van der Waals surface area contributed by atoms with Gasteiger partial charge in [-0.05, 0) is 25.8 Å². The molecule has 0 atom stereocenters. The molecule has 0 aliphatic carbocycles. The summed E-state index contributed by atoms with van der Waals surface area (Å²) in [7, 11) is 0. The number of rotatable bonds is 2. The Morgan fingerprint density at radius 2 is 2.16 bits per heavy atom. The van der Waals surface area contributed by atoms with Crippen LogP contribution in [-0.2, 0) is 4.79 Å². The Labute approximate surface area is 109 Å². The minimum absolute atomic E-state index is 0.242. The highest BCUT2D eigenvalue weighted by Gasteiger charge is 2.26. The number of carboxylic acids is 1. The summed E-state index contributed by atoms with van der Waals surface area (Å²) < 4.78 is 1.71. The van der Waals surface area contributed by atoms with Crippen LogP contribution >= 0.6 is 0 Å². The molecule has 2 aromatic heterocycles. The molecule has 1 aliphatic heterocycles. The topological polar surface area (TPSA) is 83.6 Å². The maximum absolute atomic E-state index is 10.9. The Morgan fingerprint density at radius 1 is 1.42 bits per heavy atom. The van der Waals surface area contributed by atoms with Gasteiger partial charge < -0.3 is 10.0 Å². The second-order valence-corrected chi connectivity index (χ2v) is 4.81. The monoisotopic (exact) mass is 261 g/mol. The molecule has 0 bridgehead atoms. The largest absolute Gasteiger partial charge is 0.481 e. The zero-order valence-corrected chi connectivity index (χ0v) is 10.7. The van der Waals surface area contributed by atoms with Crippen LogP contribution in [-0.4, -0.2) is 43.7 Å². The molecule has 0 saturated carbocycles. The first-order valence-corrected chi connectivity index (χ1v) is 6.31. The summed E-state index contributed by atoms with van der Waals surface area (Å²) in [4.78, 5) is 21.5. The molecule has 0 radical (unpaired) electrons. The molecule has 7 heteroatoms. The number of hydrogen-bond acceptors (Lipinski definition) is 5. The van der Waals surface area contributed by atoms with Gasteiger partial charge in [0, 0.05) is 25.0 Å². The minimum Gasteiger partial charge on any atom is -0.481 e. The van der Waals surface area contributed by atoms with Crippen molar-refractivity contribution >= 4 is 17.7 Å². The predicted molar refractivity (Wildman–Crippen MR) is 68.1 cm³/mol. The maximum Gasteiger partial charge on any atom is 0.306 e. The standard InChI is InChI=1S/C12H15N5O2/c1-8-2-5-13-11-14-12(15-17(8)11)16-6-3-9(4-7-16)10(18)19/h2,5,9H,3-4,6-7H2,1H3,(H,18,19). The number of carboxylic acid groups (broad SMARTS) is 1. The number of anilines is 1. The zero-order valence-electron chi connectivity index (χ0n) is 10.7. The number of aliphatic carboxylic acids is 1. The Kier molecular flexibility index (Phi) is 2.81. The quantitative estimate of drug-likeness (QED) is 0.858. The van der Waals surface area contributed by atoms with Crippen LogP contribution in [0.25, 0.3) is 5.78 Å². The van der Waals surface area contributed by atoms with Crippen LogP contribution in [0.3, 0.4) is 0 Å². The molecule has 0 unspecified atom stereocenters. The van der Waals surface area contributed by atoms with Gasteiger partial charge in [0.2, 0.25) is 5.95 Å². The minimum atomic E-state index is -0.708.